The highest BCUT2D eigenvalue weighted by atomic mass is 16.2. The van der Waals surface area contributed by atoms with Gasteiger partial charge in [0.15, 0.2) is 5.65 Å². The number of nitrogens with one attached hydrogen (secondary N) is 1. The summed E-state index contributed by atoms with van der Waals surface area (Å²) in [5.41, 5.74) is 3.89. The molecule has 0 aliphatic carbocycles. The second kappa shape index (κ2) is 7.80. The predicted molar refractivity (Wildman–Crippen MR) is 106 cm³/mol. The summed E-state index contributed by atoms with van der Waals surface area (Å²) in [7, 11) is 0. The Bertz CT molecular complexity index is 1010. The Morgan fingerprint density at radius 1 is 1.25 bits per heavy atom. The van der Waals surface area contributed by atoms with Gasteiger partial charge in [-0.2, -0.15) is 0 Å². The number of nitrogens with zero attached hydrogens (tertiary/aromatic N) is 4. The molecular weight excluding hydrogens is 354 g/mol. The van der Waals surface area contributed by atoms with Gasteiger partial charge in [0.2, 0.25) is 5.91 Å². The van der Waals surface area contributed by atoms with Crippen LogP contribution in [0.5, 0.6) is 0 Å². The molecule has 2 aromatic heterocycles. The Balaban J connectivity index is 1.44. The Hall–Kier alpha value is -3.22. The normalized spacial score (nSPS) is 14.0. The zero-order valence-corrected chi connectivity index (χ0v) is 15.9. The van der Waals surface area contributed by atoms with E-state index in [9.17, 15) is 9.59 Å². The van der Waals surface area contributed by atoms with Crippen molar-refractivity contribution < 1.29 is 9.59 Å². The number of benzene rings is 1. The maximum absolute atomic E-state index is 12.5. The molecule has 1 saturated heterocycles. The molecular formula is C21H23N5O2. The van der Waals surface area contributed by atoms with Crippen LogP contribution in [0.25, 0.3) is 16.9 Å². The summed E-state index contributed by atoms with van der Waals surface area (Å²) >= 11 is 0. The minimum atomic E-state index is -0.216. The number of rotatable bonds is 6. The van der Waals surface area contributed by atoms with Crippen molar-refractivity contribution in [3.8, 4) is 11.3 Å². The van der Waals surface area contributed by atoms with E-state index >= 15 is 0 Å². The molecule has 1 N–H and O–H groups in total. The number of imidazole rings is 1. The number of aryl methyl sites for hydroxylation is 1. The van der Waals surface area contributed by atoms with E-state index in [2.05, 4.69) is 15.3 Å². The van der Waals surface area contributed by atoms with Crippen LogP contribution in [-0.4, -0.2) is 50.7 Å². The molecule has 1 aliphatic rings. The third-order valence-electron chi connectivity index (χ3n) is 4.99. The zero-order chi connectivity index (χ0) is 19.5. The largest absolute Gasteiger partial charge is 0.351 e. The van der Waals surface area contributed by atoms with Gasteiger partial charge in [-0.05, 0) is 19.8 Å². The molecule has 3 aromatic rings. The Morgan fingerprint density at radius 3 is 2.82 bits per heavy atom. The number of amides is 2. The second-order valence-corrected chi connectivity index (χ2v) is 7.09. The highest BCUT2D eigenvalue weighted by Gasteiger charge is 2.19. The van der Waals surface area contributed by atoms with Gasteiger partial charge in [-0.15, -0.1) is 0 Å². The van der Waals surface area contributed by atoms with E-state index in [4.69, 9.17) is 0 Å². The lowest BCUT2D eigenvalue weighted by atomic mass is 10.1. The smallest absolute Gasteiger partial charge is 0.271 e. The first-order chi connectivity index (χ1) is 13.6. The molecule has 144 valence electrons. The first-order valence-electron chi connectivity index (χ1n) is 9.58. The standard InChI is InChI=1S/C21H23N5O2/c1-15-5-7-16(8-6-15)19-20-24-17(14-26(20)13-10-22-19)21(28)23-9-3-12-25-11-2-4-18(25)27/h5-8,10,13-14H,2-4,9,11-12H2,1H3,(H,23,28). The van der Waals surface area contributed by atoms with Gasteiger partial charge in [-0.25, -0.2) is 4.98 Å². The average Bonchev–Trinajstić information content (AvgIpc) is 3.31. The molecule has 0 unspecified atom stereocenters. The zero-order valence-electron chi connectivity index (χ0n) is 15.9. The van der Waals surface area contributed by atoms with Gasteiger partial charge in [0, 0.05) is 50.2 Å². The van der Waals surface area contributed by atoms with Crippen molar-refractivity contribution in [2.75, 3.05) is 19.6 Å². The molecule has 0 radical (unpaired) electrons. The quantitative estimate of drug-likeness (QED) is 0.669. The van der Waals surface area contributed by atoms with Crippen LogP contribution in [0.2, 0.25) is 0 Å². The number of hydrogen-bond acceptors (Lipinski definition) is 4. The summed E-state index contributed by atoms with van der Waals surface area (Å²) in [5, 5.41) is 2.89. The number of fused-ring (bicyclic) bond motifs is 1. The van der Waals surface area contributed by atoms with Gasteiger partial charge in [0.25, 0.3) is 5.91 Å². The highest BCUT2D eigenvalue weighted by molar-refractivity contribution is 5.93. The Labute approximate surface area is 163 Å². The van der Waals surface area contributed by atoms with Crippen LogP contribution in [-0.2, 0) is 4.79 Å². The second-order valence-electron chi connectivity index (χ2n) is 7.09. The maximum Gasteiger partial charge on any atom is 0.271 e. The lowest BCUT2D eigenvalue weighted by Crippen LogP contribution is -2.30. The predicted octanol–water partition coefficient (Wildman–Crippen LogP) is 2.45. The van der Waals surface area contributed by atoms with E-state index in [0.29, 0.717) is 30.9 Å². The SMILES string of the molecule is Cc1ccc(-c2nccn3cc(C(=O)NCCCN4CCCC4=O)nc23)cc1. The highest BCUT2D eigenvalue weighted by Crippen LogP contribution is 2.22. The van der Waals surface area contributed by atoms with Crippen molar-refractivity contribution in [3.63, 3.8) is 0 Å². The fourth-order valence-corrected chi connectivity index (χ4v) is 3.45. The summed E-state index contributed by atoms with van der Waals surface area (Å²) in [6, 6.07) is 8.07. The van der Waals surface area contributed by atoms with Crippen LogP contribution >= 0.6 is 0 Å². The van der Waals surface area contributed by atoms with Gasteiger partial charge >= 0.3 is 0 Å². The third-order valence-corrected chi connectivity index (χ3v) is 4.99. The number of carbonyl (C=O) groups excluding carboxylic acids is 2. The summed E-state index contributed by atoms with van der Waals surface area (Å²) in [4.78, 5) is 34.9. The van der Waals surface area contributed by atoms with Gasteiger partial charge in [-0.1, -0.05) is 29.8 Å². The molecule has 3 heterocycles. The maximum atomic E-state index is 12.5. The number of hydrogen-bond donors (Lipinski definition) is 1. The van der Waals surface area contributed by atoms with Gasteiger partial charge < -0.3 is 14.6 Å². The van der Waals surface area contributed by atoms with Crippen LogP contribution < -0.4 is 5.32 Å². The van der Waals surface area contributed by atoms with E-state index in [1.165, 1.54) is 5.56 Å². The van der Waals surface area contributed by atoms with Crippen LogP contribution in [0.1, 0.15) is 35.3 Å². The summed E-state index contributed by atoms with van der Waals surface area (Å²) < 4.78 is 1.82. The van der Waals surface area contributed by atoms with E-state index in [1.54, 1.807) is 18.6 Å². The van der Waals surface area contributed by atoms with Gasteiger partial charge in [-0.3, -0.25) is 14.6 Å². The van der Waals surface area contributed by atoms with Crippen molar-refractivity contribution >= 4 is 17.5 Å². The van der Waals surface area contributed by atoms with Crippen molar-refractivity contribution in [2.24, 2.45) is 0 Å². The number of aromatic nitrogens is 3. The molecule has 28 heavy (non-hydrogen) atoms. The lowest BCUT2D eigenvalue weighted by Gasteiger charge is -2.14. The summed E-state index contributed by atoms with van der Waals surface area (Å²) in [5.74, 6) is -0.00545. The van der Waals surface area contributed by atoms with E-state index < -0.39 is 0 Å². The Kier molecular flexibility index (Phi) is 5.06. The van der Waals surface area contributed by atoms with E-state index in [1.807, 2.05) is 40.5 Å². The topological polar surface area (TPSA) is 79.6 Å². The molecule has 0 spiro atoms. The summed E-state index contributed by atoms with van der Waals surface area (Å²) in [6.07, 6.45) is 7.53. The number of likely N-dealkylation sites (tertiary alicyclic amines) is 1. The Morgan fingerprint density at radius 2 is 2.07 bits per heavy atom. The van der Waals surface area contributed by atoms with Crippen molar-refractivity contribution in [3.05, 3.63) is 54.1 Å². The first-order valence-corrected chi connectivity index (χ1v) is 9.58. The monoisotopic (exact) mass is 377 g/mol. The summed E-state index contributed by atoms with van der Waals surface area (Å²) in [6.45, 7) is 4.06. The van der Waals surface area contributed by atoms with Crippen LogP contribution in [0.3, 0.4) is 0 Å². The first kappa shape index (κ1) is 18.2. The molecule has 2 amide bonds. The number of carbonyl (C=O) groups is 2. The molecule has 7 heteroatoms. The lowest BCUT2D eigenvalue weighted by molar-refractivity contribution is -0.127. The van der Waals surface area contributed by atoms with Crippen LogP contribution in [0.15, 0.2) is 42.9 Å². The van der Waals surface area contributed by atoms with Crippen molar-refractivity contribution in [1.82, 2.24) is 24.6 Å². The molecule has 1 aliphatic heterocycles. The van der Waals surface area contributed by atoms with E-state index in [0.717, 1.165) is 30.6 Å². The van der Waals surface area contributed by atoms with Crippen molar-refractivity contribution in [2.45, 2.75) is 26.2 Å². The minimum Gasteiger partial charge on any atom is -0.351 e. The molecule has 0 saturated carbocycles. The van der Waals surface area contributed by atoms with Crippen LogP contribution in [0.4, 0.5) is 0 Å². The minimum absolute atomic E-state index is 0.211. The van der Waals surface area contributed by atoms with Gasteiger partial charge in [0.1, 0.15) is 11.4 Å². The van der Waals surface area contributed by atoms with Crippen LogP contribution in [0, 0.1) is 6.92 Å². The third kappa shape index (κ3) is 3.74. The molecule has 7 nitrogen and oxygen atoms in total. The fraction of sp³-hybridized carbons (Fsp3) is 0.333. The van der Waals surface area contributed by atoms with Crippen molar-refractivity contribution in [1.29, 1.82) is 0 Å². The molecule has 0 atom stereocenters. The molecule has 1 aromatic carbocycles. The van der Waals surface area contributed by atoms with E-state index in [-0.39, 0.29) is 11.8 Å². The molecule has 1 fully saturated rings. The molecule has 0 bridgehead atoms. The molecule has 4 rings (SSSR count). The average molecular weight is 377 g/mol. The fourth-order valence-electron chi connectivity index (χ4n) is 3.45. The van der Waals surface area contributed by atoms with Gasteiger partial charge in [0.05, 0.1) is 0 Å².